The van der Waals surface area contributed by atoms with Crippen molar-refractivity contribution in [1.29, 1.82) is 0 Å². The van der Waals surface area contributed by atoms with Crippen molar-refractivity contribution in [3.8, 4) is 5.88 Å². The Morgan fingerprint density at radius 2 is 2.35 bits per heavy atom. The highest BCUT2D eigenvalue weighted by Crippen LogP contribution is 2.17. The highest BCUT2D eigenvalue weighted by molar-refractivity contribution is 5.20. The first-order valence-corrected chi connectivity index (χ1v) is 6.23. The zero-order chi connectivity index (χ0) is 12.1. The van der Waals surface area contributed by atoms with Crippen LogP contribution in [-0.2, 0) is 4.74 Å². The molecule has 2 rings (SSSR count). The molecular formula is C13H20N2O2. The second-order valence-corrected chi connectivity index (χ2v) is 4.38. The lowest BCUT2D eigenvalue weighted by Crippen LogP contribution is -2.38. The molecule has 1 aliphatic rings. The summed E-state index contributed by atoms with van der Waals surface area (Å²) in [5.74, 6) is 0.685. The SMILES string of the molecule is CCCNC(C)c1ccc(OC2COC2)nc1. The number of hydrogen-bond donors (Lipinski definition) is 1. The van der Waals surface area contributed by atoms with Crippen LogP contribution in [0.15, 0.2) is 18.3 Å². The molecule has 0 radical (unpaired) electrons. The van der Waals surface area contributed by atoms with Crippen LogP contribution in [0.1, 0.15) is 31.9 Å². The third-order valence-corrected chi connectivity index (χ3v) is 2.85. The van der Waals surface area contributed by atoms with Gasteiger partial charge in [0.1, 0.15) is 6.10 Å². The number of rotatable bonds is 6. The predicted octanol–water partition coefficient (Wildman–Crippen LogP) is 1.92. The molecule has 0 aliphatic carbocycles. The van der Waals surface area contributed by atoms with E-state index < -0.39 is 0 Å². The number of ether oxygens (including phenoxy) is 2. The van der Waals surface area contributed by atoms with Gasteiger partial charge in [0.2, 0.25) is 5.88 Å². The van der Waals surface area contributed by atoms with Crippen LogP contribution in [0, 0.1) is 0 Å². The van der Waals surface area contributed by atoms with Gasteiger partial charge in [-0.25, -0.2) is 4.98 Å². The standard InChI is InChI=1S/C13H20N2O2/c1-3-6-14-10(2)11-4-5-13(15-7-11)17-12-8-16-9-12/h4-5,7,10,12,14H,3,6,8-9H2,1-2H3. The van der Waals surface area contributed by atoms with E-state index in [4.69, 9.17) is 9.47 Å². The van der Waals surface area contributed by atoms with Gasteiger partial charge in [-0.15, -0.1) is 0 Å². The van der Waals surface area contributed by atoms with Crippen molar-refractivity contribution in [3.63, 3.8) is 0 Å². The van der Waals surface area contributed by atoms with E-state index in [0.29, 0.717) is 25.1 Å². The minimum absolute atomic E-state index is 0.184. The van der Waals surface area contributed by atoms with Gasteiger partial charge in [-0.05, 0) is 25.5 Å². The number of pyridine rings is 1. The molecule has 1 unspecified atom stereocenters. The fraction of sp³-hybridized carbons (Fsp3) is 0.615. The van der Waals surface area contributed by atoms with Gasteiger partial charge >= 0.3 is 0 Å². The summed E-state index contributed by atoms with van der Waals surface area (Å²) < 4.78 is 10.7. The van der Waals surface area contributed by atoms with Gasteiger partial charge in [0.15, 0.2) is 0 Å². The quantitative estimate of drug-likeness (QED) is 0.819. The van der Waals surface area contributed by atoms with Gasteiger partial charge in [0.05, 0.1) is 13.2 Å². The van der Waals surface area contributed by atoms with E-state index in [1.165, 1.54) is 5.56 Å². The lowest BCUT2D eigenvalue weighted by Gasteiger charge is -2.26. The van der Waals surface area contributed by atoms with Crippen molar-refractivity contribution in [2.24, 2.45) is 0 Å². The molecule has 1 saturated heterocycles. The molecule has 1 N–H and O–H groups in total. The van der Waals surface area contributed by atoms with Crippen LogP contribution in [0.3, 0.4) is 0 Å². The van der Waals surface area contributed by atoms with Crippen molar-refractivity contribution in [1.82, 2.24) is 10.3 Å². The molecule has 1 aliphatic heterocycles. The molecule has 2 heterocycles. The first kappa shape index (κ1) is 12.3. The molecule has 1 aromatic heterocycles. The molecule has 1 atom stereocenters. The average Bonchev–Trinajstić information content (AvgIpc) is 2.31. The molecule has 4 nitrogen and oxygen atoms in total. The van der Waals surface area contributed by atoms with E-state index >= 15 is 0 Å². The average molecular weight is 236 g/mol. The number of nitrogens with zero attached hydrogens (tertiary/aromatic N) is 1. The van der Waals surface area contributed by atoms with E-state index in [2.05, 4.69) is 30.2 Å². The molecule has 0 saturated carbocycles. The molecule has 0 spiro atoms. The first-order valence-electron chi connectivity index (χ1n) is 6.23. The van der Waals surface area contributed by atoms with Crippen LogP contribution in [0.5, 0.6) is 5.88 Å². The Balaban J connectivity index is 1.87. The molecular weight excluding hydrogens is 216 g/mol. The van der Waals surface area contributed by atoms with Crippen LogP contribution < -0.4 is 10.1 Å². The van der Waals surface area contributed by atoms with Crippen LogP contribution in [0.25, 0.3) is 0 Å². The number of nitrogens with one attached hydrogen (secondary N) is 1. The lowest BCUT2D eigenvalue weighted by molar-refractivity contribution is -0.0813. The Hall–Kier alpha value is -1.13. The maximum absolute atomic E-state index is 5.61. The second kappa shape index (κ2) is 5.98. The Morgan fingerprint density at radius 3 is 2.88 bits per heavy atom. The third kappa shape index (κ3) is 3.41. The largest absolute Gasteiger partial charge is 0.469 e. The predicted molar refractivity (Wildman–Crippen MR) is 66.2 cm³/mol. The van der Waals surface area contributed by atoms with Gasteiger partial charge < -0.3 is 14.8 Å². The van der Waals surface area contributed by atoms with E-state index in [1.807, 2.05) is 12.3 Å². The fourth-order valence-electron chi connectivity index (χ4n) is 1.65. The van der Waals surface area contributed by atoms with Gasteiger partial charge in [-0.3, -0.25) is 0 Å². The number of hydrogen-bond acceptors (Lipinski definition) is 4. The summed E-state index contributed by atoms with van der Waals surface area (Å²) in [6.45, 7) is 6.69. The molecule has 94 valence electrons. The summed E-state index contributed by atoms with van der Waals surface area (Å²) in [6.07, 6.45) is 3.20. The summed E-state index contributed by atoms with van der Waals surface area (Å²) >= 11 is 0. The van der Waals surface area contributed by atoms with E-state index in [1.54, 1.807) is 0 Å². The first-order chi connectivity index (χ1) is 8.29. The van der Waals surface area contributed by atoms with Crippen molar-refractivity contribution >= 4 is 0 Å². The van der Waals surface area contributed by atoms with Crippen molar-refractivity contribution in [3.05, 3.63) is 23.9 Å². The summed E-state index contributed by atoms with van der Waals surface area (Å²) in [5, 5.41) is 3.43. The molecule has 1 fully saturated rings. The summed E-state index contributed by atoms with van der Waals surface area (Å²) in [6, 6.07) is 4.33. The molecule has 0 amide bonds. The fourth-order valence-corrected chi connectivity index (χ4v) is 1.65. The normalized spacial score (nSPS) is 17.5. The van der Waals surface area contributed by atoms with Crippen molar-refractivity contribution in [2.75, 3.05) is 19.8 Å². The minimum Gasteiger partial charge on any atom is -0.469 e. The molecule has 17 heavy (non-hydrogen) atoms. The van der Waals surface area contributed by atoms with Crippen LogP contribution >= 0.6 is 0 Å². The molecule has 4 heteroatoms. The second-order valence-electron chi connectivity index (χ2n) is 4.38. The Morgan fingerprint density at radius 1 is 1.53 bits per heavy atom. The summed E-state index contributed by atoms with van der Waals surface area (Å²) in [4.78, 5) is 4.31. The van der Waals surface area contributed by atoms with Gasteiger partial charge in [0, 0.05) is 18.3 Å². The number of aromatic nitrogens is 1. The maximum Gasteiger partial charge on any atom is 0.213 e. The lowest BCUT2D eigenvalue weighted by atomic mass is 10.1. The highest BCUT2D eigenvalue weighted by atomic mass is 16.6. The smallest absolute Gasteiger partial charge is 0.213 e. The van der Waals surface area contributed by atoms with Crippen molar-refractivity contribution < 1.29 is 9.47 Å². The zero-order valence-corrected chi connectivity index (χ0v) is 10.5. The van der Waals surface area contributed by atoms with Gasteiger partial charge in [-0.2, -0.15) is 0 Å². The molecule has 0 aromatic carbocycles. The molecule has 1 aromatic rings. The van der Waals surface area contributed by atoms with E-state index in [0.717, 1.165) is 13.0 Å². The summed E-state index contributed by atoms with van der Waals surface area (Å²) in [5.41, 5.74) is 1.19. The van der Waals surface area contributed by atoms with E-state index in [9.17, 15) is 0 Å². The van der Waals surface area contributed by atoms with Crippen LogP contribution in [0.2, 0.25) is 0 Å². The maximum atomic E-state index is 5.61. The Kier molecular flexibility index (Phi) is 4.34. The van der Waals surface area contributed by atoms with Crippen LogP contribution in [0.4, 0.5) is 0 Å². The zero-order valence-electron chi connectivity index (χ0n) is 10.5. The topological polar surface area (TPSA) is 43.4 Å². The van der Waals surface area contributed by atoms with Crippen LogP contribution in [-0.4, -0.2) is 30.8 Å². The summed E-state index contributed by atoms with van der Waals surface area (Å²) in [7, 11) is 0. The minimum atomic E-state index is 0.184. The van der Waals surface area contributed by atoms with Crippen molar-refractivity contribution in [2.45, 2.75) is 32.4 Å². The van der Waals surface area contributed by atoms with Gasteiger partial charge in [0.25, 0.3) is 0 Å². The van der Waals surface area contributed by atoms with E-state index in [-0.39, 0.29) is 6.10 Å². The highest BCUT2D eigenvalue weighted by Gasteiger charge is 2.20. The van der Waals surface area contributed by atoms with Gasteiger partial charge in [-0.1, -0.05) is 13.0 Å². The monoisotopic (exact) mass is 236 g/mol. The third-order valence-electron chi connectivity index (χ3n) is 2.85. The Bertz CT molecular complexity index is 336. The molecule has 0 bridgehead atoms. The Labute approximate surface area is 102 Å².